The van der Waals surface area contributed by atoms with Gasteiger partial charge in [-0.15, -0.1) is 6.58 Å². The SMILES string of the molecule is C=CCNC(=O)COc1cccc(Cl)c1CNCC(C)C. The number of hydrogen-bond donors (Lipinski definition) is 2. The van der Waals surface area contributed by atoms with Gasteiger partial charge in [0.25, 0.3) is 5.91 Å². The number of rotatable bonds is 9. The van der Waals surface area contributed by atoms with Crippen LogP contribution in [0, 0.1) is 5.92 Å². The van der Waals surface area contributed by atoms with Gasteiger partial charge in [0.1, 0.15) is 5.75 Å². The Balaban J connectivity index is 2.62. The summed E-state index contributed by atoms with van der Waals surface area (Å²) in [6, 6.07) is 5.45. The second kappa shape index (κ2) is 9.42. The monoisotopic (exact) mass is 310 g/mol. The van der Waals surface area contributed by atoms with Crippen molar-refractivity contribution in [1.29, 1.82) is 0 Å². The van der Waals surface area contributed by atoms with Gasteiger partial charge in [-0.3, -0.25) is 4.79 Å². The van der Waals surface area contributed by atoms with Gasteiger partial charge in [-0.1, -0.05) is 37.6 Å². The third-order valence-corrected chi connectivity index (χ3v) is 3.09. The zero-order valence-electron chi connectivity index (χ0n) is 12.6. The summed E-state index contributed by atoms with van der Waals surface area (Å²) in [5.41, 5.74) is 0.872. The van der Waals surface area contributed by atoms with Crippen LogP contribution in [0.5, 0.6) is 5.75 Å². The first-order valence-electron chi connectivity index (χ1n) is 7.03. The summed E-state index contributed by atoms with van der Waals surface area (Å²) < 4.78 is 5.56. The third kappa shape index (κ3) is 6.65. The van der Waals surface area contributed by atoms with E-state index in [1.54, 1.807) is 6.08 Å². The Labute approximate surface area is 131 Å². The molecule has 21 heavy (non-hydrogen) atoms. The summed E-state index contributed by atoms with van der Waals surface area (Å²) in [5.74, 6) is 1.00. The molecule has 0 aliphatic rings. The lowest BCUT2D eigenvalue weighted by Gasteiger charge is -2.14. The van der Waals surface area contributed by atoms with Crippen molar-refractivity contribution in [3.8, 4) is 5.75 Å². The Bertz CT molecular complexity index is 475. The molecule has 0 bridgehead atoms. The molecule has 0 spiro atoms. The Hall–Kier alpha value is -1.52. The predicted octanol–water partition coefficient (Wildman–Crippen LogP) is 2.77. The van der Waals surface area contributed by atoms with Gasteiger partial charge >= 0.3 is 0 Å². The number of carbonyl (C=O) groups excluding carboxylic acids is 1. The first-order chi connectivity index (χ1) is 10.0. The van der Waals surface area contributed by atoms with Crippen molar-refractivity contribution in [2.24, 2.45) is 5.92 Å². The fourth-order valence-electron chi connectivity index (χ4n) is 1.71. The molecule has 0 aliphatic carbocycles. The number of nitrogens with one attached hydrogen (secondary N) is 2. The second-order valence-corrected chi connectivity index (χ2v) is 5.53. The van der Waals surface area contributed by atoms with Crippen molar-refractivity contribution in [2.75, 3.05) is 19.7 Å². The third-order valence-electron chi connectivity index (χ3n) is 2.73. The van der Waals surface area contributed by atoms with Gasteiger partial charge in [-0.2, -0.15) is 0 Å². The van der Waals surface area contributed by atoms with Gasteiger partial charge in [0.05, 0.1) is 0 Å². The van der Waals surface area contributed by atoms with Gasteiger partial charge in [-0.25, -0.2) is 0 Å². The van der Waals surface area contributed by atoms with Crippen molar-refractivity contribution in [3.63, 3.8) is 0 Å². The molecular weight excluding hydrogens is 288 g/mol. The Morgan fingerprint density at radius 3 is 2.90 bits per heavy atom. The van der Waals surface area contributed by atoms with Gasteiger partial charge < -0.3 is 15.4 Å². The lowest BCUT2D eigenvalue weighted by molar-refractivity contribution is -0.122. The Morgan fingerprint density at radius 1 is 1.48 bits per heavy atom. The topological polar surface area (TPSA) is 50.4 Å². The fourth-order valence-corrected chi connectivity index (χ4v) is 1.94. The number of halogens is 1. The van der Waals surface area contributed by atoms with Crippen LogP contribution < -0.4 is 15.4 Å². The maximum atomic E-state index is 11.5. The van der Waals surface area contributed by atoms with Crippen LogP contribution >= 0.6 is 11.6 Å². The summed E-state index contributed by atoms with van der Waals surface area (Å²) in [4.78, 5) is 11.5. The normalized spacial score (nSPS) is 10.5. The molecule has 4 nitrogen and oxygen atoms in total. The summed E-state index contributed by atoms with van der Waals surface area (Å²) in [5, 5.41) is 6.62. The molecule has 1 amide bonds. The van der Waals surface area contributed by atoms with Crippen LogP contribution in [0.15, 0.2) is 30.9 Å². The van der Waals surface area contributed by atoms with E-state index in [1.165, 1.54) is 0 Å². The summed E-state index contributed by atoms with van der Waals surface area (Å²) in [6.45, 7) is 9.72. The van der Waals surface area contributed by atoms with Crippen molar-refractivity contribution in [1.82, 2.24) is 10.6 Å². The maximum absolute atomic E-state index is 11.5. The minimum Gasteiger partial charge on any atom is -0.483 e. The first-order valence-corrected chi connectivity index (χ1v) is 7.41. The molecule has 2 N–H and O–H groups in total. The van der Waals surface area contributed by atoms with E-state index in [0.717, 1.165) is 12.1 Å². The summed E-state index contributed by atoms with van der Waals surface area (Å²) in [6.07, 6.45) is 1.62. The molecule has 0 fully saturated rings. The minimum atomic E-state index is -0.184. The van der Waals surface area contributed by atoms with Gasteiger partial charge in [0.15, 0.2) is 6.61 Å². The fraction of sp³-hybridized carbons (Fsp3) is 0.438. The van der Waals surface area contributed by atoms with E-state index in [-0.39, 0.29) is 12.5 Å². The van der Waals surface area contributed by atoms with E-state index in [2.05, 4.69) is 31.1 Å². The van der Waals surface area contributed by atoms with Crippen LogP contribution in [0.3, 0.4) is 0 Å². The molecule has 0 heterocycles. The molecule has 0 atom stereocenters. The van der Waals surface area contributed by atoms with E-state index in [9.17, 15) is 4.79 Å². The largest absolute Gasteiger partial charge is 0.483 e. The number of hydrogen-bond acceptors (Lipinski definition) is 3. The highest BCUT2D eigenvalue weighted by atomic mass is 35.5. The lowest BCUT2D eigenvalue weighted by Crippen LogP contribution is -2.29. The number of benzene rings is 1. The molecule has 0 radical (unpaired) electrons. The highest BCUT2D eigenvalue weighted by molar-refractivity contribution is 6.31. The molecule has 116 valence electrons. The molecule has 0 saturated carbocycles. The molecule has 0 aromatic heterocycles. The Morgan fingerprint density at radius 2 is 2.24 bits per heavy atom. The molecule has 1 aromatic carbocycles. The van der Waals surface area contributed by atoms with E-state index in [1.807, 2.05) is 18.2 Å². The maximum Gasteiger partial charge on any atom is 0.258 e. The molecule has 0 saturated heterocycles. The van der Waals surface area contributed by atoms with Crippen molar-refractivity contribution in [2.45, 2.75) is 20.4 Å². The average Bonchev–Trinajstić information content (AvgIpc) is 2.44. The zero-order chi connectivity index (χ0) is 15.7. The summed E-state index contributed by atoms with van der Waals surface area (Å²) in [7, 11) is 0. The van der Waals surface area contributed by atoms with Crippen molar-refractivity contribution in [3.05, 3.63) is 41.4 Å². The molecule has 5 heteroatoms. The number of ether oxygens (including phenoxy) is 1. The second-order valence-electron chi connectivity index (χ2n) is 5.12. The van der Waals surface area contributed by atoms with Crippen LogP contribution in [-0.4, -0.2) is 25.6 Å². The quantitative estimate of drug-likeness (QED) is 0.690. The lowest BCUT2D eigenvalue weighted by atomic mass is 10.1. The van der Waals surface area contributed by atoms with Crippen molar-refractivity contribution < 1.29 is 9.53 Å². The van der Waals surface area contributed by atoms with Crippen LogP contribution in [0.4, 0.5) is 0 Å². The highest BCUT2D eigenvalue weighted by Gasteiger charge is 2.10. The van der Waals surface area contributed by atoms with E-state index >= 15 is 0 Å². The molecule has 1 aromatic rings. The molecule has 1 rings (SSSR count). The van der Waals surface area contributed by atoms with E-state index < -0.39 is 0 Å². The van der Waals surface area contributed by atoms with E-state index in [4.69, 9.17) is 16.3 Å². The van der Waals surface area contributed by atoms with Gasteiger partial charge in [0.2, 0.25) is 0 Å². The van der Waals surface area contributed by atoms with Crippen LogP contribution in [0.2, 0.25) is 5.02 Å². The Kier molecular flexibility index (Phi) is 7.87. The van der Waals surface area contributed by atoms with Crippen molar-refractivity contribution >= 4 is 17.5 Å². The standard InChI is InChI=1S/C16H23ClN2O2/c1-4-8-19-16(20)11-21-15-7-5-6-14(17)13(15)10-18-9-12(2)3/h4-7,12,18H,1,8-11H2,2-3H3,(H,19,20). The average molecular weight is 311 g/mol. The summed E-state index contributed by atoms with van der Waals surface area (Å²) >= 11 is 6.21. The molecular formula is C16H23ClN2O2. The molecule has 0 unspecified atom stereocenters. The van der Waals surface area contributed by atoms with Crippen LogP contribution in [-0.2, 0) is 11.3 Å². The van der Waals surface area contributed by atoms with Gasteiger partial charge in [-0.05, 0) is 24.6 Å². The highest BCUT2D eigenvalue weighted by Crippen LogP contribution is 2.26. The molecule has 0 aliphatic heterocycles. The number of amides is 1. The van der Waals surface area contributed by atoms with Gasteiger partial charge in [0, 0.05) is 23.7 Å². The number of carbonyl (C=O) groups is 1. The van der Waals surface area contributed by atoms with E-state index in [0.29, 0.717) is 29.8 Å². The minimum absolute atomic E-state index is 0.0363. The first kappa shape index (κ1) is 17.5. The smallest absolute Gasteiger partial charge is 0.258 e. The van der Waals surface area contributed by atoms with Crippen LogP contribution in [0.25, 0.3) is 0 Å². The van der Waals surface area contributed by atoms with Crippen LogP contribution in [0.1, 0.15) is 19.4 Å². The zero-order valence-corrected chi connectivity index (χ0v) is 13.4. The predicted molar refractivity (Wildman–Crippen MR) is 86.7 cm³/mol.